The monoisotopic (exact) mass is 424 g/mol. The number of pyridine rings is 2. The van der Waals surface area contributed by atoms with Crippen LogP contribution in [-0.2, 0) is 6.18 Å². The molecule has 0 fully saturated rings. The van der Waals surface area contributed by atoms with Gasteiger partial charge in [-0.25, -0.2) is 9.97 Å². The molecule has 0 aliphatic carbocycles. The summed E-state index contributed by atoms with van der Waals surface area (Å²) in [6.07, 6.45) is -4.62. The molecule has 1 aromatic carbocycles. The SMILES string of the molecule is Cc1cccc(C)c1-c1nc(NSc2cccc(N)n2)cc(C(F)(F)F)c1Cl. The third-order valence-corrected chi connectivity index (χ3v) is 5.12. The average molecular weight is 425 g/mol. The van der Waals surface area contributed by atoms with Gasteiger partial charge in [-0.05, 0) is 43.2 Å². The summed E-state index contributed by atoms with van der Waals surface area (Å²) in [5.74, 6) is 0.326. The molecule has 0 bridgehead atoms. The zero-order valence-electron chi connectivity index (χ0n) is 14.9. The van der Waals surface area contributed by atoms with Crippen molar-refractivity contribution in [2.45, 2.75) is 25.0 Å². The fourth-order valence-electron chi connectivity index (χ4n) is 2.73. The van der Waals surface area contributed by atoms with E-state index in [0.29, 0.717) is 16.4 Å². The number of aryl methyl sites for hydroxylation is 2. The molecule has 28 heavy (non-hydrogen) atoms. The van der Waals surface area contributed by atoms with Crippen molar-refractivity contribution < 1.29 is 13.2 Å². The van der Waals surface area contributed by atoms with Crippen LogP contribution in [0.1, 0.15) is 16.7 Å². The van der Waals surface area contributed by atoms with Crippen LogP contribution in [0.4, 0.5) is 24.8 Å². The fraction of sp³-hybridized carbons (Fsp3) is 0.158. The van der Waals surface area contributed by atoms with Crippen LogP contribution in [0.25, 0.3) is 11.3 Å². The maximum atomic E-state index is 13.6. The largest absolute Gasteiger partial charge is 0.418 e. The second kappa shape index (κ2) is 7.89. The van der Waals surface area contributed by atoms with Gasteiger partial charge in [0.15, 0.2) is 0 Å². The molecular weight excluding hydrogens is 409 g/mol. The van der Waals surface area contributed by atoms with Crippen LogP contribution in [-0.4, -0.2) is 9.97 Å². The number of rotatable bonds is 4. The molecule has 3 N–H and O–H groups in total. The normalized spacial score (nSPS) is 11.5. The summed E-state index contributed by atoms with van der Waals surface area (Å²) in [6, 6.07) is 11.3. The molecule has 0 unspecified atom stereocenters. The Morgan fingerprint density at radius 2 is 1.68 bits per heavy atom. The van der Waals surface area contributed by atoms with Crippen LogP contribution in [0.2, 0.25) is 5.02 Å². The van der Waals surface area contributed by atoms with E-state index in [4.69, 9.17) is 17.3 Å². The van der Waals surface area contributed by atoms with E-state index in [1.54, 1.807) is 44.2 Å². The Morgan fingerprint density at radius 1 is 1.04 bits per heavy atom. The van der Waals surface area contributed by atoms with Gasteiger partial charge in [-0.2, -0.15) is 13.2 Å². The highest BCUT2D eigenvalue weighted by atomic mass is 35.5. The van der Waals surface area contributed by atoms with Crippen molar-refractivity contribution in [1.29, 1.82) is 0 Å². The Kier molecular flexibility index (Phi) is 5.71. The number of alkyl halides is 3. The first-order valence-electron chi connectivity index (χ1n) is 8.16. The number of benzene rings is 1. The third-order valence-electron chi connectivity index (χ3n) is 3.99. The number of nitrogen functional groups attached to an aromatic ring is 1. The van der Waals surface area contributed by atoms with Crippen molar-refractivity contribution in [2.24, 2.45) is 0 Å². The topological polar surface area (TPSA) is 63.8 Å². The second-order valence-electron chi connectivity index (χ2n) is 6.09. The predicted molar refractivity (Wildman–Crippen MR) is 107 cm³/mol. The first-order chi connectivity index (χ1) is 13.2. The van der Waals surface area contributed by atoms with Gasteiger partial charge in [0.2, 0.25) is 0 Å². The Balaban J connectivity index is 2.08. The van der Waals surface area contributed by atoms with Crippen LogP contribution in [0.5, 0.6) is 0 Å². The number of halogens is 4. The fourth-order valence-corrected chi connectivity index (χ4v) is 3.64. The Labute approximate surface area is 169 Å². The number of nitrogens with one attached hydrogen (secondary N) is 1. The zero-order chi connectivity index (χ0) is 20.5. The molecule has 0 aliphatic rings. The van der Waals surface area contributed by atoms with Gasteiger partial charge in [0.1, 0.15) is 16.7 Å². The number of nitrogens with zero attached hydrogens (tertiary/aromatic N) is 2. The van der Waals surface area contributed by atoms with Gasteiger partial charge in [0.05, 0.1) is 16.3 Å². The molecule has 0 aliphatic heterocycles. The molecule has 3 aromatic rings. The number of anilines is 2. The summed E-state index contributed by atoms with van der Waals surface area (Å²) in [6.45, 7) is 3.61. The van der Waals surface area contributed by atoms with Crippen molar-refractivity contribution in [3.8, 4) is 11.3 Å². The van der Waals surface area contributed by atoms with E-state index < -0.39 is 16.8 Å². The van der Waals surface area contributed by atoms with Crippen molar-refractivity contribution >= 4 is 35.2 Å². The van der Waals surface area contributed by atoms with E-state index in [-0.39, 0.29) is 11.5 Å². The average Bonchev–Trinajstić information content (AvgIpc) is 2.61. The summed E-state index contributed by atoms with van der Waals surface area (Å²) in [5.41, 5.74) is 6.90. The highest BCUT2D eigenvalue weighted by Crippen LogP contribution is 2.42. The lowest BCUT2D eigenvalue weighted by molar-refractivity contribution is -0.137. The molecule has 3 rings (SSSR count). The number of aromatic nitrogens is 2. The minimum atomic E-state index is -4.62. The van der Waals surface area contributed by atoms with Crippen LogP contribution in [0.15, 0.2) is 47.5 Å². The van der Waals surface area contributed by atoms with Gasteiger partial charge in [-0.15, -0.1) is 0 Å². The molecule has 4 nitrogen and oxygen atoms in total. The second-order valence-corrected chi connectivity index (χ2v) is 7.29. The number of hydrogen-bond acceptors (Lipinski definition) is 5. The minimum absolute atomic E-state index is 0.0172. The Morgan fingerprint density at radius 3 is 2.29 bits per heavy atom. The van der Waals surface area contributed by atoms with Crippen molar-refractivity contribution in [3.05, 3.63) is 64.2 Å². The third kappa shape index (κ3) is 4.34. The molecule has 0 spiro atoms. The smallest absolute Gasteiger partial charge is 0.384 e. The molecule has 146 valence electrons. The van der Waals surface area contributed by atoms with Gasteiger partial charge in [0, 0.05) is 17.5 Å². The first-order valence-corrected chi connectivity index (χ1v) is 9.36. The Bertz CT molecular complexity index is 1000. The van der Waals surface area contributed by atoms with Gasteiger partial charge < -0.3 is 10.5 Å². The van der Waals surface area contributed by atoms with Crippen molar-refractivity contribution in [1.82, 2.24) is 9.97 Å². The summed E-state index contributed by atoms with van der Waals surface area (Å²) < 4.78 is 43.5. The van der Waals surface area contributed by atoms with Crippen LogP contribution < -0.4 is 10.5 Å². The van der Waals surface area contributed by atoms with Crippen LogP contribution in [0, 0.1) is 13.8 Å². The molecular formula is C19H16ClF3N4S. The maximum Gasteiger partial charge on any atom is 0.418 e. The summed E-state index contributed by atoms with van der Waals surface area (Å²) in [5, 5.41) is 0.0708. The Hall–Kier alpha value is -2.45. The molecule has 0 atom stereocenters. The van der Waals surface area contributed by atoms with Gasteiger partial charge in [0.25, 0.3) is 0 Å². The summed E-state index contributed by atoms with van der Waals surface area (Å²) >= 11 is 7.15. The molecule has 2 heterocycles. The molecule has 0 saturated heterocycles. The highest BCUT2D eigenvalue weighted by Gasteiger charge is 2.36. The highest BCUT2D eigenvalue weighted by molar-refractivity contribution is 8.00. The standard InChI is InChI=1S/C19H16ClF3N4S/c1-10-5-3-6-11(2)16(10)18-17(20)12(19(21,22)23)9-14(26-18)27-28-15-8-4-7-13(24)25-15/h3-9H,1-2H3,(H2,24,25)(H,26,27). The van der Waals surface area contributed by atoms with E-state index in [1.165, 1.54) is 0 Å². The number of nitrogens with two attached hydrogens (primary N) is 1. The quantitative estimate of drug-likeness (QED) is 0.493. The molecule has 9 heteroatoms. The van der Waals surface area contributed by atoms with E-state index in [2.05, 4.69) is 14.7 Å². The molecule has 0 radical (unpaired) electrons. The van der Waals surface area contributed by atoms with E-state index >= 15 is 0 Å². The summed E-state index contributed by atoms with van der Waals surface area (Å²) in [7, 11) is 0. The van der Waals surface area contributed by atoms with Crippen molar-refractivity contribution in [2.75, 3.05) is 10.5 Å². The van der Waals surface area contributed by atoms with Gasteiger partial charge in [-0.3, -0.25) is 0 Å². The lowest BCUT2D eigenvalue weighted by Gasteiger charge is -2.17. The molecule has 2 aromatic heterocycles. The molecule has 0 saturated carbocycles. The predicted octanol–water partition coefficient (Wildman–Crippen LogP) is 6.13. The van der Waals surface area contributed by atoms with E-state index in [9.17, 15) is 13.2 Å². The molecule has 0 amide bonds. The van der Waals surface area contributed by atoms with E-state index in [1.807, 2.05) is 6.07 Å². The minimum Gasteiger partial charge on any atom is -0.384 e. The first kappa shape index (κ1) is 20.3. The van der Waals surface area contributed by atoms with Crippen LogP contribution >= 0.6 is 23.5 Å². The van der Waals surface area contributed by atoms with Gasteiger partial charge in [-0.1, -0.05) is 35.9 Å². The maximum absolute atomic E-state index is 13.6. The number of hydrogen-bond donors (Lipinski definition) is 2. The van der Waals surface area contributed by atoms with Crippen LogP contribution in [0.3, 0.4) is 0 Å². The lowest BCUT2D eigenvalue weighted by Crippen LogP contribution is -2.09. The van der Waals surface area contributed by atoms with E-state index in [0.717, 1.165) is 29.1 Å². The van der Waals surface area contributed by atoms with Gasteiger partial charge >= 0.3 is 6.18 Å². The summed E-state index contributed by atoms with van der Waals surface area (Å²) in [4.78, 5) is 8.44. The lowest BCUT2D eigenvalue weighted by atomic mass is 9.98. The van der Waals surface area contributed by atoms with Crippen molar-refractivity contribution in [3.63, 3.8) is 0 Å². The zero-order valence-corrected chi connectivity index (χ0v) is 16.5.